The van der Waals surface area contributed by atoms with E-state index >= 15 is 0 Å². The Kier molecular flexibility index (Phi) is 5.17. The molecule has 0 saturated heterocycles. The van der Waals surface area contributed by atoms with Crippen LogP contribution < -0.4 is 0 Å². The molecule has 3 heteroatoms. The molecule has 2 saturated carbocycles. The third kappa shape index (κ3) is 3.77. The van der Waals surface area contributed by atoms with E-state index in [1.54, 1.807) is 11.8 Å². The third-order valence-electron chi connectivity index (χ3n) is 3.62. The molecule has 2 fully saturated rings. The molecule has 0 spiro atoms. The number of carbonyl (C=O) groups excluding carboxylic acids is 1. The zero-order chi connectivity index (χ0) is 11.2. The summed E-state index contributed by atoms with van der Waals surface area (Å²) in [7, 11) is 0. The van der Waals surface area contributed by atoms with Crippen LogP contribution in [0.2, 0.25) is 0 Å². The Morgan fingerprint density at radius 2 is 1.81 bits per heavy atom. The average Bonchev–Trinajstić information content (AvgIpc) is 2.33. The highest BCUT2D eigenvalue weighted by molar-refractivity contribution is 8.00. The Balaban J connectivity index is 1.61. The summed E-state index contributed by atoms with van der Waals surface area (Å²) in [6, 6.07) is 0. The van der Waals surface area contributed by atoms with Crippen LogP contribution in [-0.2, 0) is 9.53 Å². The summed E-state index contributed by atoms with van der Waals surface area (Å²) in [4.78, 5) is 11.6. The summed E-state index contributed by atoms with van der Waals surface area (Å²) >= 11 is 1.73. The number of carbonyl (C=O) groups is 1. The first kappa shape index (κ1) is 12.4. The first-order valence-corrected chi connectivity index (χ1v) is 7.67. The van der Waals surface area contributed by atoms with Crippen molar-refractivity contribution in [3.05, 3.63) is 0 Å². The quantitative estimate of drug-likeness (QED) is 0.705. The molecule has 0 aromatic rings. The predicted molar refractivity (Wildman–Crippen MR) is 67.7 cm³/mol. The molecule has 92 valence electrons. The van der Waals surface area contributed by atoms with Crippen molar-refractivity contribution >= 4 is 17.5 Å². The van der Waals surface area contributed by atoms with Gasteiger partial charge in [0.25, 0.3) is 0 Å². The van der Waals surface area contributed by atoms with Gasteiger partial charge >= 0.3 is 0 Å². The lowest BCUT2D eigenvalue weighted by Gasteiger charge is -2.24. The Morgan fingerprint density at radius 1 is 1.06 bits per heavy atom. The van der Waals surface area contributed by atoms with Gasteiger partial charge in [-0.2, -0.15) is 0 Å². The molecule has 2 aliphatic carbocycles. The second-order valence-corrected chi connectivity index (χ2v) is 6.05. The molecule has 1 unspecified atom stereocenters. The number of hydrogen-bond donors (Lipinski definition) is 0. The van der Waals surface area contributed by atoms with E-state index in [-0.39, 0.29) is 5.25 Å². The highest BCUT2D eigenvalue weighted by Gasteiger charge is 2.23. The SMILES string of the molecule is O=C1CCCCC1SCOC1CCCCC1. The van der Waals surface area contributed by atoms with Gasteiger partial charge in [0.1, 0.15) is 5.78 Å². The van der Waals surface area contributed by atoms with Gasteiger partial charge in [0, 0.05) is 6.42 Å². The Labute approximate surface area is 103 Å². The molecule has 2 nitrogen and oxygen atoms in total. The average molecular weight is 242 g/mol. The highest BCUT2D eigenvalue weighted by Crippen LogP contribution is 2.27. The summed E-state index contributed by atoms with van der Waals surface area (Å²) in [5, 5.41) is 0.234. The van der Waals surface area contributed by atoms with Crippen molar-refractivity contribution in [3.63, 3.8) is 0 Å². The number of hydrogen-bond acceptors (Lipinski definition) is 3. The molecule has 0 bridgehead atoms. The molecular weight excluding hydrogens is 220 g/mol. The van der Waals surface area contributed by atoms with Crippen LogP contribution in [0.25, 0.3) is 0 Å². The minimum atomic E-state index is 0.234. The van der Waals surface area contributed by atoms with E-state index in [0.717, 1.165) is 25.2 Å². The standard InChI is InChI=1S/C13H22O2S/c14-12-8-4-5-9-13(12)16-10-15-11-6-2-1-3-7-11/h11,13H,1-10H2. The molecule has 16 heavy (non-hydrogen) atoms. The van der Waals surface area contributed by atoms with Gasteiger partial charge in [-0.1, -0.05) is 25.7 Å². The van der Waals surface area contributed by atoms with E-state index in [2.05, 4.69) is 0 Å². The number of rotatable bonds is 4. The van der Waals surface area contributed by atoms with Crippen molar-refractivity contribution in [2.45, 2.75) is 69.1 Å². The van der Waals surface area contributed by atoms with E-state index in [0.29, 0.717) is 11.9 Å². The smallest absolute Gasteiger partial charge is 0.145 e. The molecule has 2 aliphatic rings. The van der Waals surface area contributed by atoms with Gasteiger partial charge in [0.2, 0.25) is 0 Å². The van der Waals surface area contributed by atoms with Crippen LogP contribution in [-0.4, -0.2) is 23.1 Å². The van der Waals surface area contributed by atoms with Gasteiger partial charge in [-0.25, -0.2) is 0 Å². The normalized spacial score (nSPS) is 28.2. The van der Waals surface area contributed by atoms with Crippen LogP contribution in [0, 0.1) is 0 Å². The second kappa shape index (κ2) is 6.65. The topological polar surface area (TPSA) is 26.3 Å². The monoisotopic (exact) mass is 242 g/mol. The van der Waals surface area contributed by atoms with Crippen LogP contribution in [0.4, 0.5) is 0 Å². The minimum Gasteiger partial charge on any atom is -0.368 e. The lowest BCUT2D eigenvalue weighted by Crippen LogP contribution is -2.23. The minimum absolute atomic E-state index is 0.234. The van der Waals surface area contributed by atoms with E-state index < -0.39 is 0 Å². The van der Waals surface area contributed by atoms with Crippen molar-refractivity contribution in [1.29, 1.82) is 0 Å². The van der Waals surface area contributed by atoms with Crippen LogP contribution in [0.3, 0.4) is 0 Å². The molecule has 0 aromatic heterocycles. The van der Waals surface area contributed by atoms with Crippen LogP contribution in [0.5, 0.6) is 0 Å². The van der Waals surface area contributed by atoms with Crippen molar-refractivity contribution < 1.29 is 9.53 Å². The Morgan fingerprint density at radius 3 is 2.56 bits per heavy atom. The van der Waals surface area contributed by atoms with Crippen molar-refractivity contribution in [2.75, 3.05) is 5.94 Å². The van der Waals surface area contributed by atoms with Gasteiger partial charge in [0.05, 0.1) is 17.3 Å². The maximum atomic E-state index is 11.6. The molecule has 2 rings (SSSR count). The van der Waals surface area contributed by atoms with Crippen molar-refractivity contribution in [3.8, 4) is 0 Å². The lowest BCUT2D eigenvalue weighted by atomic mass is 9.98. The van der Waals surface area contributed by atoms with Gasteiger partial charge < -0.3 is 4.74 Å². The van der Waals surface area contributed by atoms with Crippen molar-refractivity contribution in [2.24, 2.45) is 0 Å². The number of Topliss-reactive ketones (excluding diaryl/α,β-unsaturated/α-hetero) is 1. The van der Waals surface area contributed by atoms with Crippen molar-refractivity contribution in [1.82, 2.24) is 0 Å². The van der Waals surface area contributed by atoms with E-state index in [1.165, 1.54) is 38.5 Å². The van der Waals surface area contributed by atoms with Crippen LogP contribution >= 0.6 is 11.8 Å². The number of ketones is 1. The Bertz CT molecular complexity index is 224. The van der Waals surface area contributed by atoms with Gasteiger partial charge in [-0.15, -0.1) is 11.8 Å². The van der Waals surface area contributed by atoms with Crippen LogP contribution in [0.15, 0.2) is 0 Å². The molecule has 0 aliphatic heterocycles. The number of ether oxygens (including phenoxy) is 1. The fraction of sp³-hybridized carbons (Fsp3) is 0.923. The molecule has 0 radical (unpaired) electrons. The fourth-order valence-corrected chi connectivity index (χ4v) is 3.65. The molecule has 0 heterocycles. The summed E-state index contributed by atoms with van der Waals surface area (Å²) < 4.78 is 5.84. The molecule has 1 atom stereocenters. The van der Waals surface area contributed by atoms with E-state index in [4.69, 9.17) is 4.74 Å². The molecular formula is C13H22O2S. The first-order chi connectivity index (χ1) is 7.86. The third-order valence-corrected chi connectivity index (χ3v) is 4.80. The first-order valence-electron chi connectivity index (χ1n) is 6.62. The Hall–Kier alpha value is -0.0200. The summed E-state index contributed by atoms with van der Waals surface area (Å²) in [5.41, 5.74) is 0. The zero-order valence-electron chi connectivity index (χ0n) is 9.95. The van der Waals surface area contributed by atoms with Gasteiger partial charge in [-0.05, 0) is 25.7 Å². The van der Waals surface area contributed by atoms with E-state index in [9.17, 15) is 4.79 Å². The molecule has 0 aromatic carbocycles. The highest BCUT2D eigenvalue weighted by atomic mass is 32.2. The number of thioether (sulfide) groups is 1. The summed E-state index contributed by atoms with van der Waals surface area (Å²) in [6.07, 6.45) is 11.1. The molecule has 0 amide bonds. The fourth-order valence-electron chi connectivity index (χ4n) is 2.58. The lowest BCUT2D eigenvalue weighted by molar-refractivity contribution is -0.119. The summed E-state index contributed by atoms with van der Waals surface area (Å²) in [5.74, 6) is 1.17. The second-order valence-electron chi connectivity index (χ2n) is 4.91. The maximum absolute atomic E-state index is 11.6. The largest absolute Gasteiger partial charge is 0.368 e. The van der Waals surface area contributed by atoms with Crippen LogP contribution in [0.1, 0.15) is 57.8 Å². The summed E-state index contributed by atoms with van der Waals surface area (Å²) in [6.45, 7) is 0. The zero-order valence-corrected chi connectivity index (χ0v) is 10.8. The predicted octanol–water partition coefficient (Wildman–Crippen LogP) is 3.54. The molecule has 0 N–H and O–H groups in total. The maximum Gasteiger partial charge on any atom is 0.145 e. The van der Waals surface area contributed by atoms with Gasteiger partial charge in [-0.3, -0.25) is 4.79 Å². The van der Waals surface area contributed by atoms with Gasteiger partial charge in [0.15, 0.2) is 0 Å². The van der Waals surface area contributed by atoms with E-state index in [1.807, 2.05) is 0 Å².